The van der Waals surface area contributed by atoms with Crippen molar-refractivity contribution in [3.05, 3.63) is 71.0 Å². The molecule has 6 nitrogen and oxygen atoms in total. The average Bonchev–Trinajstić information content (AvgIpc) is 2.84. The summed E-state index contributed by atoms with van der Waals surface area (Å²) < 4.78 is 13.0. The van der Waals surface area contributed by atoms with Crippen molar-refractivity contribution < 1.29 is 23.9 Å². The minimum absolute atomic E-state index is 0.0300. The maximum atomic E-state index is 13.0. The van der Waals surface area contributed by atoms with Crippen LogP contribution in [0.4, 0.5) is 9.18 Å². The first-order valence-electron chi connectivity index (χ1n) is 7.15. The number of nitrogens with one attached hydrogen (secondary N) is 1. The molecular formula is C17H13FN2O4. The van der Waals surface area contributed by atoms with E-state index >= 15 is 0 Å². The number of aromatic carboxylic acids is 1. The number of benzene rings is 2. The van der Waals surface area contributed by atoms with Gasteiger partial charge in [0.1, 0.15) is 11.9 Å². The number of carboxylic acids is 1. The third kappa shape index (κ3) is 2.96. The molecule has 1 heterocycles. The van der Waals surface area contributed by atoms with E-state index in [-0.39, 0.29) is 12.1 Å². The lowest BCUT2D eigenvalue weighted by molar-refractivity contribution is -0.128. The van der Waals surface area contributed by atoms with E-state index in [1.165, 1.54) is 36.4 Å². The van der Waals surface area contributed by atoms with Crippen molar-refractivity contribution in [2.24, 2.45) is 0 Å². The summed E-state index contributed by atoms with van der Waals surface area (Å²) in [5.41, 5.74) is 1.25. The average molecular weight is 328 g/mol. The van der Waals surface area contributed by atoms with Gasteiger partial charge in [0.05, 0.1) is 12.1 Å². The lowest BCUT2D eigenvalue weighted by Gasteiger charge is -2.13. The molecule has 2 aromatic rings. The van der Waals surface area contributed by atoms with Crippen molar-refractivity contribution in [2.75, 3.05) is 0 Å². The number of carboxylic acid groups (broad SMARTS) is 1. The van der Waals surface area contributed by atoms with Gasteiger partial charge in [0.15, 0.2) is 0 Å². The normalized spacial score (nSPS) is 17.0. The number of hydrogen-bond donors (Lipinski definition) is 2. The van der Waals surface area contributed by atoms with Crippen LogP contribution in [-0.4, -0.2) is 27.9 Å². The zero-order chi connectivity index (χ0) is 17.3. The highest BCUT2D eigenvalue weighted by Crippen LogP contribution is 2.23. The minimum Gasteiger partial charge on any atom is -0.478 e. The van der Waals surface area contributed by atoms with E-state index in [2.05, 4.69) is 5.32 Å². The van der Waals surface area contributed by atoms with Gasteiger partial charge in [0, 0.05) is 0 Å². The predicted molar refractivity (Wildman–Crippen MR) is 81.6 cm³/mol. The molecule has 7 heteroatoms. The smallest absolute Gasteiger partial charge is 0.335 e. The van der Waals surface area contributed by atoms with Gasteiger partial charge in [0.2, 0.25) is 0 Å². The number of amides is 3. The standard InChI is InChI=1S/C17H13FN2O4/c18-13-7-5-11(6-8-13)14-15(21)20(17(24)19-14)9-10-1-3-12(4-2-10)16(22)23/h1-8,14H,9H2,(H,19,24)(H,22,23). The van der Waals surface area contributed by atoms with Crippen molar-refractivity contribution in [2.45, 2.75) is 12.6 Å². The van der Waals surface area contributed by atoms with Crippen LogP contribution in [0.3, 0.4) is 0 Å². The summed E-state index contributed by atoms with van der Waals surface area (Å²) in [6.45, 7) is 0.0300. The molecule has 24 heavy (non-hydrogen) atoms. The first kappa shape index (κ1) is 15.7. The third-order valence-corrected chi connectivity index (χ3v) is 3.77. The van der Waals surface area contributed by atoms with Gasteiger partial charge in [-0.05, 0) is 35.4 Å². The second-order valence-corrected chi connectivity index (χ2v) is 5.36. The Balaban J connectivity index is 1.76. The summed E-state index contributed by atoms with van der Waals surface area (Å²) in [7, 11) is 0. The summed E-state index contributed by atoms with van der Waals surface area (Å²) in [6, 6.07) is 9.87. The van der Waals surface area contributed by atoms with E-state index in [9.17, 15) is 18.8 Å². The molecule has 122 valence electrons. The Morgan fingerprint density at radius 1 is 1.08 bits per heavy atom. The minimum atomic E-state index is -1.05. The molecule has 0 spiro atoms. The Bertz CT molecular complexity index is 802. The summed E-state index contributed by atoms with van der Waals surface area (Å²) in [4.78, 5) is 36.4. The maximum Gasteiger partial charge on any atom is 0.335 e. The van der Waals surface area contributed by atoms with E-state index in [4.69, 9.17) is 5.11 Å². The molecule has 1 aliphatic rings. The number of hydrogen-bond acceptors (Lipinski definition) is 3. The van der Waals surface area contributed by atoms with Crippen LogP contribution in [0.15, 0.2) is 48.5 Å². The SMILES string of the molecule is O=C(O)c1ccc(CN2C(=O)NC(c3ccc(F)cc3)C2=O)cc1. The van der Waals surface area contributed by atoms with E-state index < -0.39 is 29.8 Å². The molecular weight excluding hydrogens is 315 g/mol. The molecule has 1 aliphatic heterocycles. The van der Waals surface area contributed by atoms with Crippen LogP contribution >= 0.6 is 0 Å². The van der Waals surface area contributed by atoms with Crippen molar-refractivity contribution in [3.63, 3.8) is 0 Å². The molecule has 3 amide bonds. The van der Waals surface area contributed by atoms with E-state index in [1.807, 2.05) is 0 Å². The predicted octanol–water partition coefficient (Wildman–Crippen LogP) is 2.32. The van der Waals surface area contributed by atoms with Crippen LogP contribution < -0.4 is 5.32 Å². The van der Waals surface area contributed by atoms with Crippen LogP contribution in [0.5, 0.6) is 0 Å². The molecule has 3 rings (SSSR count). The Labute approximate surface area is 136 Å². The van der Waals surface area contributed by atoms with Gasteiger partial charge >= 0.3 is 12.0 Å². The van der Waals surface area contributed by atoms with Gasteiger partial charge in [-0.2, -0.15) is 0 Å². The van der Waals surface area contributed by atoms with Crippen molar-refractivity contribution in [1.29, 1.82) is 0 Å². The molecule has 2 N–H and O–H groups in total. The zero-order valence-electron chi connectivity index (χ0n) is 12.4. The lowest BCUT2D eigenvalue weighted by atomic mass is 10.1. The van der Waals surface area contributed by atoms with Gasteiger partial charge in [-0.3, -0.25) is 9.69 Å². The van der Waals surface area contributed by atoms with Crippen molar-refractivity contribution in [3.8, 4) is 0 Å². The lowest BCUT2D eigenvalue weighted by Crippen LogP contribution is -2.30. The highest BCUT2D eigenvalue weighted by Gasteiger charge is 2.38. The monoisotopic (exact) mass is 328 g/mol. The molecule has 0 saturated carbocycles. The van der Waals surface area contributed by atoms with Crippen molar-refractivity contribution >= 4 is 17.9 Å². The summed E-state index contributed by atoms with van der Waals surface area (Å²) in [5.74, 6) is -1.91. The van der Waals surface area contributed by atoms with Gasteiger partial charge in [-0.1, -0.05) is 24.3 Å². The van der Waals surface area contributed by atoms with E-state index in [0.29, 0.717) is 11.1 Å². The highest BCUT2D eigenvalue weighted by atomic mass is 19.1. The Morgan fingerprint density at radius 2 is 1.71 bits per heavy atom. The second-order valence-electron chi connectivity index (χ2n) is 5.36. The first-order chi connectivity index (χ1) is 11.5. The number of imide groups is 1. The zero-order valence-corrected chi connectivity index (χ0v) is 12.4. The Morgan fingerprint density at radius 3 is 2.29 bits per heavy atom. The number of carbonyl (C=O) groups is 3. The van der Waals surface area contributed by atoms with E-state index in [0.717, 1.165) is 4.90 Å². The molecule has 1 saturated heterocycles. The van der Waals surface area contributed by atoms with Crippen LogP contribution in [-0.2, 0) is 11.3 Å². The Kier molecular flexibility index (Phi) is 3.99. The van der Waals surface area contributed by atoms with Crippen molar-refractivity contribution in [1.82, 2.24) is 10.2 Å². The molecule has 1 fully saturated rings. The molecule has 0 radical (unpaired) electrons. The number of halogens is 1. The molecule has 0 bridgehead atoms. The number of nitrogens with zero attached hydrogens (tertiary/aromatic N) is 1. The number of rotatable bonds is 4. The van der Waals surface area contributed by atoms with E-state index in [1.54, 1.807) is 12.1 Å². The molecule has 2 aromatic carbocycles. The van der Waals surface area contributed by atoms with Gasteiger partial charge in [-0.25, -0.2) is 14.0 Å². The molecule has 1 atom stereocenters. The van der Waals surface area contributed by atoms with Gasteiger partial charge < -0.3 is 10.4 Å². The van der Waals surface area contributed by atoms with Gasteiger partial charge in [0.25, 0.3) is 5.91 Å². The molecule has 1 unspecified atom stereocenters. The van der Waals surface area contributed by atoms with Crippen LogP contribution in [0.2, 0.25) is 0 Å². The third-order valence-electron chi connectivity index (χ3n) is 3.77. The number of carbonyl (C=O) groups excluding carboxylic acids is 2. The summed E-state index contributed by atoms with van der Waals surface area (Å²) in [5, 5.41) is 11.4. The van der Waals surface area contributed by atoms with Crippen LogP contribution in [0.25, 0.3) is 0 Å². The summed E-state index contributed by atoms with van der Waals surface area (Å²) >= 11 is 0. The Hall–Kier alpha value is -3.22. The first-order valence-corrected chi connectivity index (χ1v) is 7.15. The largest absolute Gasteiger partial charge is 0.478 e. The molecule has 0 aromatic heterocycles. The quantitative estimate of drug-likeness (QED) is 0.843. The van der Waals surface area contributed by atoms with Crippen LogP contribution in [0.1, 0.15) is 27.5 Å². The van der Waals surface area contributed by atoms with Crippen LogP contribution in [0, 0.1) is 5.82 Å². The molecule has 0 aliphatic carbocycles. The number of urea groups is 1. The highest BCUT2D eigenvalue weighted by molar-refractivity contribution is 6.04. The fraction of sp³-hybridized carbons (Fsp3) is 0.118. The van der Waals surface area contributed by atoms with Gasteiger partial charge in [-0.15, -0.1) is 0 Å². The second kappa shape index (κ2) is 6.11. The fourth-order valence-corrected chi connectivity index (χ4v) is 2.49. The fourth-order valence-electron chi connectivity index (χ4n) is 2.49. The topological polar surface area (TPSA) is 86.7 Å². The maximum absolute atomic E-state index is 13.0. The summed E-state index contributed by atoms with van der Waals surface area (Å²) in [6.07, 6.45) is 0.